The van der Waals surface area contributed by atoms with Crippen LogP contribution < -0.4 is 4.74 Å². The first kappa shape index (κ1) is 25.5. The first-order valence-electron chi connectivity index (χ1n) is 12.9. The topological polar surface area (TPSA) is 118 Å². The van der Waals surface area contributed by atoms with Gasteiger partial charge in [0.05, 0.1) is 11.1 Å². The number of carboxylic acids is 2. The molecule has 0 aliphatic carbocycles. The summed E-state index contributed by atoms with van der Waals surface area (Å²) in [6, 6.07) is 30.7. The normalized spacial score (nSPS) is 13.2. The van der Waals surface area contributed by atoms with Crippen molar-refractivity contribution in [1.29, 1.82) is 0 Å². The number of carbonyl (C=O) groups is 2. The summed E-state index contributed by atoms with van der Waals surface area (Å²) in [7, 11) is -4.03. The highest BCUT2D eigenvalue weighted by Gasteiger charge is 2.35. The molecule has 1 heterocycles. The summed E-state index contributed by atoms with van der Waals surface area (Å²) in [5.74, 6) is -1.59. The summed E-state index contributed by atoms with van der Waals surface area (Å²) in [4.78, 5) is 23.0. The third-order valence-electron chi connectivity index (χ3n) is 7.51. The third kappa shape index (κ3) is 4.00. The Morgan fingerprint density at radius 2 is 0.952 bits per heavy atom. The van der Waals surface area contributed by atoms with Gasteiger partial charge >= 0.3 is 11.9 Å². The molecule has 6 aromatic carbocycles. The molecule has 42 heavy (non-hydrogen) atoms. The summed E-state index contributed by atoms with van der Waals surface area (Å²) >= 11 is 0. The maximum atomic E-state index is 14.3. The van der Waals surface area contributed by atoms with Crippen LogP contribution in [0.4, 0.5) is 0 Å². The Balaban J connectivity index is 1.36. The van der Waals surface area contributed by atoms with Crippen LogP contribution in [0.15, 0.2) is 119 Å². The minimum atomic E-state index is -4.03. The van der Waals surface area contributed by atoms with Crippen LogP contribution in [0, 0.1) is 0 Å². The molecule has 2 N–H and O–H groups in total. The van der Waals surface area contributed by atoms with E-state index in [1.807, 2.05) is 12.1 Å². The Hall–Kier alpha value is -5.47. The summed E-state index contributed by atoms with van der Waals surface area (Å²) in [6.07, 6.45) is 0. The first-order chi connectivity index (χ1) is 20.2. The highest BCUT2D eigenvalue weighted by atomic mass is 32.2. The molecule has 0 aromatic heterocycles. The Kier molecular flexibility index (Phi) is 5.64. The van der Waals surface area contributed by atoms with E-state index in [-0.39, 0.29) is 32.4 Å². The minimum Gasteiger partial charge on any atom is -0.478 e. The highest BCUT2D eigenvalue weighted by Crippen LogP contribution is 2.49. The van der Waals surface area contributed by atoms with Gasteiger partial charge in [-0.3, -0.25) is 0 Å². The van der Waals surface area contributed by atoms with E-state index in [0.29, 0.717) is 32.7 Å². The van der Waals surface area contributed by atoms with Crippen molar-refractivity contribution in [3.63, 3.8) is 0 Å². The summed E-state index contributed by atoms with van der Waals surface area (Å²) in [5, 5.41) is 21.1. The van der Waals surface area contributed by atoms with Crippen molar-refractivity contribution in [1.82, 2.24) is 0 Å². The zero-order valence-electron chi connectivity index (χ0n) is 21.7. The quantitative estimate of drug-likeness (QED) is 0.222. The van der Waals surface area contributed by atoms with Gasteiger partial charge in [0.1, 0.15) is 21.3 Å². The van der Waals surface area contributed by atoms with E-state index in [1.165, 1.54) is 12.1 Å². The lowest BCUT2D eigenvalue weighted by atomic mass is 9.99. The van der Waals surface area contributed by atoms with Crippen LogP contribution >= 0.6 is 0 Å². The fourth-order valence-corrected chi connectivity index (χ4v) is 7.42. The molecule has 1 aliphatic rings. The van der Waals surface area contributed by atoms with Crippen LogP contribution in [0.25, 0.3) is 43.8 Å². The van der Waals surface area contributed by atoms with Gasteiger partial charge in [-0.05, 0) is 81.6 Å². The molecule has 6 aromatic rings. The Morgan fingerprint density at radius 1 is 0.524 bits per heavy atom. The van der Waals surface area contributed by atoms with Crippen LogP contribution in [0.1, 0.15) is 20.7 Å². The third-order valence-corrected chi connectivity index (χ3v) is 9.43. The van der Waals surface area contributed by atoms with Gasteiger partial charge < -0.3 is 14.9 Å². The lowest BCUT2D eigenvalue weighted by Crippen LogP contribution is -2.12. The Bertz CT molecular complexity index is 2100. The highest BCUT2D eigenvalue weighted by molar-refractivity contribution is 7.92. The van der Waals surface area contributed by atoms with Crippen molar-refractivity contribution in [2.24, 2.45) is 0 Å². The van der Waals surface area contributed by atoms with Gasteiger partial charge in [0.15, 0.2) is 0 Å². The first-order valence-corrected chi connectivity index (χ1v) is 14.4. The van der Waals surface area contributed by atoms with Crippen LogP contribution in [0.2, 0.25) is 0 Å². The predicted octanol–water partition coefficient (Wildman–Crippen LogP) is 7.66. The molecule has 1 aliphatic heterocycles. The second kappa shape index (κ2) is 9.29. The van der Waals surface area contributed by atoms with Crippen molar-refractivity contribution in [2.75, 3.05) is 0 Å². The molecule has 204 valence electrons. The average molecular weight is 573 g/mol. The van der Waals surface area contributed by atoms with Crippen molar-refractivity contribution >= 4 is 43.3 Å². The van der Waals surface area contributed by atoms with E-state index >= 15 is 0 Å². The number of aromatic carboxylic acids is 2. The van der Waals surface area contributed by atoms with Crippen LogP contribution in [0.3, 0.4) is 0 Å². The molecule has 0 fully saturated rings. The standard InChI is InChI=1S/C34H20O7S/c35-33(36)25-5-1-3-19(17-25)21-7-11-27-23(15-21)9-13-29-31(27)42(39,40)32-28-12-8-22(16-24(28)10-14-30(32)41-29)20-4-2-6-26(18-20)34(37)38/h1-18H,(H,35,36)(H,37,38). The molecule has 0 bridgehead atoms. The molecule has 0 saturated carbocycles. The van der Waals surface area contributed by atoms with E-state index in [4.69, 9.17) is 4.74 Å². The largest absolute Gasteiger partial charge is 0.478 e. The number of sulfone groups is 1. The van der Waals surface area contributed by atoms with Gasteiger partial charge in [0.25, 0.3) is 0 Å². The number of rotatable bonds is 4. The van der Waals surface area contributed by atoms with E-state index < -0.39 is 21.8 Å². The lowest BCUT2D eigenvalue weighted by molar-refractivity contribution is 0.0686. The molecule has 0 spiro atoms. The second-order valence-corrected chi connectivity index (χ2v) is 11.9. The zero-order chi connectivity index (χ0) is 29.2. The Labute approximate surface area is 239 Å². The molecular weight excluding hydrogens is 552 g/mol. The molecule has 8 heteroatoms. The zero-order valence-corrected chi connectivity index (χ0v) is 22.6. The van der Waals surface area contributed by atoms with Gasteiger partial charge in [0.2, 0.25) is 9.84 Å². The van der Waals surface area contributed by atoms with Gasteiger partial charge in [0, 0.05) is 10.8 Å². The summed E-state index contributed by atoms with van der Waals surface area (Å²) < 4.78 is 34.7. The van der Waals surface area contributed by atoms with Crippen molar-refractivity contribution in [3.05, 3.63) is 120 Å². The smallest absolute Gasteiger partial charge is 0.335 e. The average Bonchev–Trinajstić information content (AvgIpc) is 3.00. The SMILES string of the molecule is O=C(O)c1cccc(-c2ccc3c4c(ccc3c2)Oc2ccc3cc(-c5cccc(C(=O)O)c5)ccc3c2S4(=O)=O)c1. The minimum absolute atomic E-state index is 0.0732. The fraction of sp³-hybridized carbons (Fsp3) is 0. The lowest BCUT2D eigenvalue weighted by Gasteiger charge is -2.23. The fourth-order valence-electron chi connectivity index (χ4n) is 5.52. The number of ether oxygens (including phenoxy) is 1. The van der Waals surface area contributed by atoms with E-state index in [0.717, 1.165) is 11.1 Å². The number of hydrogen-bond donors (Lipinski definition) is 2. The van der Waals surface area contributed by atoms with Crippen LogP contribution in [-0.2, 0) is 9.84 Å². The number of hydrogen-bond acceptors (Lipinski definition) is 5. The molecule has 0 atom stereocenters. The monoisotopic (exact) mass is 572 g/mol. The maximum Gasteiger partial charge on any atom is 0.335 e. The van der Waals surface area contributed by atoms with Gasteiger partial charge in [-0.25, -0.2) is 18.0 Å². The molecule has 7 nitrogen and oxygen atoms in total. The number of benzene rings is 6. The molecule has 7 rings (SSSR count). The van der Waals surface area contributed by atoms with Gasteiger partial charge in [-0.1, -0.05) is 60.7 Å². The van der Waals surface area contributed by atoms with Gasteiger partial charge in [-0.15, -0.1) is 0 Å². The van der Waals surface area contributed by atoms with Crippen molar-refractivity contribution in [2.45, 2.75) is 9.79 Å². The van der Waals surface area contributed by atoms with E-state index in [9.17, 15) is 28.2 Å². The Morgan fingerprint density at radius 3 is 1.38 bits per heavy atom. The van der Waals surface area contributed by atoms with Crippen LogP contribution in [-0.4, -0.2) is 30.6 Å². The van der Waals surface area contributed by atoms with Crippen LogP contribution in [0.5, 0.6) is 11.5 Å². The molecule has 0 unspecified atom stereocenters. The van der Waals surface area contributed by atoms with Crippen molar-refractivity contribution in [3.8, 4) is 33.8 Å². The van der Waals surface area contributed by atoms with E-state index in [1.54, 1.807) is 84.9 Å². The molecule has 0 saturated heterocycles. The second-order valence-electron chi connectivity index (χ2n) is 10.0. The summed E-state index contributed by atoms with van der Waals surface area (Å²) in [6.45, 7) is 0. The molecular formula is C34H20O7S. The summed E-state index contributed by atoms with van der Waals surface area (Å²) in [5.41, 5.74) is 3.24. The maximum absolute atomic E-state index is 14.3. The van der Waals surface area contributed by atoms with Crippen molar-refractivity contribution < 1.29 is 33.0 Å². The van der Waals surface area contributed by atoms with E-state index in [2.05, 4.69) is 0 Å². The number of carboxylic acid groups (broad SMARTS) is 2. The molecule has 0 amide bonds. The molecule has 0 radical (unpaired) electrons. The number of fused-ring (bicyclic) bond motifs is 6. The predicted molar refractivity (Wildman–Crippen MR) is 158 cm³/mol. The van der Waals surface area contributed by atoms with Gasteiger partial charge in [-0.2, -0.15) is 0 Å².